The molecule has 0 fully saturated rings. The first-order valence-electron chi connectivity index (χ1n) is 7.42. The Morgan fingerprint density at radius 3 is 2.35 bits per heavy atom. The topological polar surface area (TPSA) is 59.0 Å². The van der Waals surface area contributed by atoms with Crippen LogP contribution < -0.4 is 10.6 Å². The molecular weight excluding hydrogens is 418 g/mol. The van der Waals surface area contributed by atoms with E-state index in [2.05, 4.69) is 15.7 Å². The number of carbonyl (C=O) groups is 1. The highest BCUT2D eigenvalue weighted by atomic mass is 35.5. The lowest BCUT2D eigenvalue weighted by atomic mass is 10.2. The summed E-state index contributed by atoms with van der Waals surface area (Å²) in [4.78, 5) is 12.1. The molecule has 26 heavy (non-hydrogen) atoms. The number of amides is 2. The predicted molar refractivity (Wildman–Crippen MR) is 107 cm³/mol. The van der Waals surface area contributed by atoms with Gasteiger partial charge in [0.15, 0.2) is 5.82 Å². The molecular formula is C17H12Cl4N4O. The summed E-state index contributed by atoms with van der Waals surface area (Å²) in [5.41, 5.74) is 1.26. The van der Waals surface area contributed by atoms with E-state index in [-0.39, 0.29) is 10.8 Å². The molecule has 0 aliphatic heterocycles. The number of hydrogen-bond donors (Lipinski definition) is 2. The highest BCUT2D eigenvalue weighted by Crippen LogP contribution is 2.27. The van der Waals surface area contributed by atoms with Gasteiger partial charge in [-0.3, -0.25) is 10.00 Å². The Bertz CT molecular complexity index is 937. The molecule has 0 unspecified atom stereocenters. The Labute approximate surface area is 169 Å². The molecule has 0 spiro atoms. The number of anilines is 2. The van der Waals surface area contributed by atoms with E-state index in [0.717, 1.165) is 0 Å². The van der Waals surface area contributed by atoms with Gasteiger partial charge in [0.25, 0.3) is 0 Å². The number of aromatic nitrogens is 2. The molecule has 2 aromatic carbocycles. The van der Waals surface area contributed by atoms with E-state index in [9.17, 15) is 4.79 Å². The summed E-state index contributed by atoms with van der Waals surface area (Å²) < 4.78 is 1.55. The van der Waals surface area contributed by atoms with Gasteiger partial charge in [-0.2, -0.15) is 5.10 Å². The van der Waals surface area contributed by atoms with Crippen molar-refractivity contribution in [1.82, 2.24) is 9.78 Å². The Balaban J connectivity index is 1.71. The Morgan fingerprint density at radius 1 is 0.962 bits per heavy atom. The minimum Gasteiger partial charge on any atom is -0.308 e. The van der Waals surface area contributed by atoms with E-state index in [1.807, 2.05) is 0 Å². The summed E-state index contributed by atoms with van der Waals surface area (Å²) in [5.74, 6) is 0.217. The normalized spacial score (nSPS) is 10.6. The molecule has 0 saturated carbocycles. The smallest absolute Gasteiger partial charge is 0.308 e. The van der Waals surface area contributed by atoms with Crippen LogP contribution in [0.15, 0.2) is 48.7 Å². The monoisotopic (exact) mass is 428 g/mol. The van der Waals surface area contributed by atoms with Crippen molar-refractivity contribution in [1.29, 1.82) is 0 Å². The van der Waals surface area contributed by atoms with Crippen molar-refractivity contribution < 1.29 is 4.79 Å². The van der Waals surface area contributed by atoms with Crippen LogP contribution in [0.25, 0.3) is 0 Å². The number of urea groups is 1. The van der Waals surface area contributed by atoms with E-state index in [1.54, 1.807) is 53.3 Å². The van der Waals surface area contributed by atoms with Crippen LogP contribution in [0.3, 0.4) is 0 Å². The summed E-state index contributed by atoms with van der Waals surface area (Å²) in [7, 11) is 0. The number of nitrogens with one attached hydrogen (secondary N) is 2. The maximum atomic E-state index is 12.1. The third-order valence-corrected chi connectivity index (χ3v) is 4.63. The molecule has 1 heterocycles. The standard InChI is InChI=1S/C17H12Cl4N4O/c18-10-3-1-4-11(7-10)22-17(26)23-16-15(21)9-25(24-16)8-12-13(19)5-2-6-14(12)20/h1-7,9H,8H2,(H2,22,23,24,26). The van der Waals surface area contributed by atoms with E-state index in [4.69, 9.17) is 46.4 Å². The quantitative estimate of drug-likeness (QED) is 0.519. The molecule has 2 N–H and O–H groups in total. The van der Waals surface area contributed by atoms with E-state index in [1.165, 1.54) is 0 Å². The van der Waals surface area contributed by atoms with E-state index >= 15 is 0 Å². The molecule has 0 atom stereocenters. The van der Waals surface area contributed by atoms with Gasteiger partial charge in [0.2, 0.25) is 0 Å². The van der Waals surface area contributed by atoms with E-state index < -0.39 is 6.03 Å². The lowest BCUT2D eigenvalue weighted by Crippen LogP contribution is -2.20. The molecule has 0 aliphatic rings. The second-order valence-corrected chi connectivity index (χ2v) is 6.97. The zero-order valence-corrected chi connectivity index (χ0v) is 16.2. The number of carbonyl (C=O) groups excluding carboxylic acids is 1. The van der Waals surface area contributed by atoms with Gasteiger partial charge in [-0.25, -0.2) is 4.79 Å². The second kappa shape index (κ2) is 8.18. The summed E-state index contributed by atoms with van der Waals surface area (Å²) in [5, 5.41) is 11.4. The highest BCUT2D eigenvalue weighted by Gasteiger charge is 2.13. The third-order valence-electron chi connectivity index (χ3n) is 3.41. The van der Waals surface area contributed by atoms with Crippen molar-refractivity contribution in [2.24, 2.45) is 0 Å². The van der Waals surface area contributed by atoms with E-state index in [0.29, 0.717) is 32.9 Å². The molecule has 3 aromatic rings. The van der Waals surface area contributed by atoms with Crippen LogP contribution in [0.4, 0.5) is 16.3 Å². The summed E-state index contributed by atoms with van der Waals surface area (Å²) in [6.45, 7) is 0.315. The molecule has 0 bridgehead atoms. The molecule has 5 nitrogen and oxygen atoms in total. The average Bonchev–Trinajstić information content (AvgIpc) is 2.90. The maximum absolute atomic E-state index is 12.1. The predicted octanol–water partition coefficient (Wildman–Crippen LogP) is 6.19. The molecule has 9 heteroatoms. The molecule has 0 aliphatic carbocycles. The number of rotatable bonds is 4. The number of hydrogen-bond acceptors (Lipinski definition) is 2. The number of nitrogens with zero attached hydrogens (tertiary/aromatic N) is 2. The van der Waals surface area contributed by atoms with Crippen molar-refractivity contribution >= 4 is 63.9 Å². The van der Waals surface area contributed by atoms with Gasteiger partial charge in [0.1, 0.15) is 5.02 Å². The fourth-order valence-electron chi connectivity index (χ4n) is 2.24. The highest BCUT2D eigenvalue weighted by molar-refractivity contribution is 6.36. The first kappa shape index (κ1) is 18.9. The average molecular weight is 430 g/mol. The van der Waals surface area contributed by atoms with Gasteiger partial charge in [-0.15, -0.1) is 0 Å². The first-order chi connectivity index (χ1) is 12.4. The van der Waals surface area contributed by atoms with Gasteiger partial charge < -0.3 is 5.32 Å². The SMILES string of the molecule is O=C(Nc1cccc(Cl)c1)Nc1nn(Cc2c(Cl)cccc2Cl)cc1Cl. The molecule has 0 radical (unpaired) electrons. The minimum absolute atomic E-state index is 0.217. The largest absolute Gasteiger partial charge is 0.324 e. The number of benzene rings is 2. The van der Waals surface area contributed by atoms with Crippen LogP contribution >= 0.6 is 46.4 Å². The van der Waals surface area contributed by atoms with Crippen LogP contribution in [0.1, 0.15) is 5.56 Å². The van der Waals surface area contributed by atoms with Crippen molar-refractivity contribution in [2.75, 3.05) is 10.6 Å². The lowest BCUT2D eigenvalue weighted by molar-refractivity contribution is 0.262. The van der Waals surface area contributed by atoms with Crippen molar-refractivity contribution in [3.05, 3.63) is 74.3 Å². The lowest BCUT2D eigenvalue weighted by Gasteiger charge is -2.07. The third kappa shape index (κ3) is 4.62. The van der Waals surface area contributed by atoms with Crippen LogP contribution in [0.2, 0.25) is 20.1 Å². The van der Waals surface area contributed by atoms with Crippen LogP contribution in [-0.2, 0) is 6.54 Å². The van der Waals surface area contributed by atoms with Gasteiger partial charge >= 0.3 is 6.03 Å². The minimum atomic E-state index is -0.491. The fourth-order valence-corrected chi connectivity index (χ4v) is 3.15. The molecule has 1 aromatic heterocycles. The van der Waals surface area contributed by atoms with Gasteiger partial charge in [-0.1, -0.05) is 58.5 Å². The van der Waals surface area contributed by atoms with Crippen molar-refractivity contribution in [3.8, 4) is 0 Å². The zero-order valence-electron chi connectivity index (χ0n) is 13.1. The van der Waals surface area contributed by atoms with Crippen LogP contribution in [0.5, 0.6) is 0 Å². The Morgan fingerprint density at radius 2 is 1.65 bits per heavy atom. The molecule has 2 amide bonds. The summed E-state index contributed by atoms with van der Waals surface area (Å²) >= 11 is 24.4. The summed E-state index contributed by atoms with van der Waals surface area (Å²) in [6, 6.07) is 11.5. The Hall–Kier alpha value is -1.92. The fraction of sp³-hybridized carbons (Fsp3) is 0.0588. The van der Waals surface area contributed by atoms with Gasteiger partial charge in [0, 0.05) is 32.5 Å². The maximum Gasteiger partial charge on any atom is 0.324 e. The zero-order chi connectivity index (χ0) is 18.7. The molecule has 0 saturated heterocycles. The van der Waals surface area contributed by atoms with Gasteiger partial charge in [-0.05, 0) is 30.3 Å². The van der Waals surface area contributed by atoms with Crippen molar-refractivity contribution in [3.63, 3.8) is 0 Å². The van der Waals surface area contributed by atoms with Crippen LogP contribution in [-0.4, -0.2) is 15.8 Å². The second-order valence-electron chi connectivity index (χ2n) is 5.31. The number of halogens is 4. The Kier molecular flexibility index (Phi) is 5.94. The molecule has 134 valence electrons. The van der Waals surface area contributed by atoms with Crippen LogP contribution in [0, 0.1) is 0 Å². The van der Waals surface area contributed by atoms with Crippen molar-refractivity contribution in [2.45, 2.75) is 6.54 Å². The summed E-state index contributed by atoms with van der Waals surface area (Å²) in [6.07, 6.45) is 1.58. The van der Waals surface area contributed by atoms with Gasteiger partial charge in [0.05, 0.1) is 6.54 Å². The first-order valence-corrected chi connectivity index (χ1v) is 8.93. The molecule has 3 rings (SSSR count).